The molecule has 0 spiro atoms. The summed E-state index contributed by atoms with van der Waals surface area (Å²) in [4.78, 5) is 26.4. The lowest BCUT2D eigenvalue weighted by Crippen LogP contribution is -2.32. The fraction of sp³-hybridized carbons (Fsp3) is 0.387. The Kier molecular flexibility index (Phi) is 8.95. The monoisotopic (exact) mass is 575 g/mol. The van der Waals surface area contributed by atoms with Crippen molar-refractivity contribution < 1.29 is 9.53 Å². The summed E-state index contributed by atoms with van der Waals surface area (Å²) in [7, 11) is 7.85. The third-order valence-electron chi connectivity index (χ3n) is 7.48. The average molecular weight is 576 g/mol. The van der Waals surface area contributed by atoms with Crippen molar-refractivity contribution in [1.82, 2.24) is 19.4 Å². The van der Waals surface area contributed by atoms with E-state index in [1.54, 1.807) is 13.3 Å². The number of nitrogens with one attached hydrogen (secondary N) is 2. The highest BCUT2D eigenvalue weighted by atomic mass is 35.5. The lowest BCUT2D eigenvalue weighted by molar-refractivity contribution is -0.115. The van der Waals surface area contributed by atoms with Crippen LogP contribution < -0.4 is 20.3 Å². The van der Waals surface area contributed by atoms with Gasteiger partial charge in [0.15, 0.2) is 0 Å². The first-order valence-corrected chi connectivity index (χ1v) is 14.5. The quantitative estimate of drug-likeness (QED) is 0.197. The van der Waals surface area contributed by atoms with Gasteiger partial charge in [0.1, 0.15) is 5.75 Å². The van der Waals surface area contributed by atoms with Crippen LogP contribution in [0.1, 0.15) is 19.3 Å². The topological polar surface area (TPSA) is 87.5 Å². The van der Waals surface area contributed by atoms with Crippen LogP contribution in [0.5, 0.6) is 5.75 Å². The molecule has 0 atom stereocenters. The second-order valence-electron chi connectivity index (χ2n) is 10.7. The Morgan fingerprint density at radius 1 is 1.15 bits per heavy atom. The Morgan fingerprint density at radius 2 is 1.95 bits per heavy atom. The molecule has 10 heteroatoms. The van der Waals surface area contributed by atoms with E-state index in [0.717, 1.165) is 53.4 Å². The summed E-state index contributed by atoms with van der Waals surface area (Å²) in [6.07, 6.45) is 6.70. The Labute approximate surface area is 246 Å². The predicted octanol–water partition coefficient (Wildman–Crippen LogP) is 5.73. The maximum atomic E-state index is 12.6. The molecule has 5 rings (SSSR count). The number of alkyl halides is 1. The number of anilines is 4. The molecular weight excluding hydrogens is 538 g/mol. The lowest BCUT2D eigenvalue weighted by atomic mass is 10.1. The number of carbonyl (C=O) groups excluding carboxylic acids is 1. The maximum Gasteiger partial charge on any atom is 0.227 e. The van der Waals surface area contributed by atoms with Crippen LogP contribution in [0.3, 0.4) is 0 Å². The van der Waals surface area contributed by atoms with Crippen molar-refractivity contribution in [2.24, 2.45) is 13.0 Å². The van der Waals surface area contributed by atoms with Crippen LogP contribution in [-0.2, 0) is 11.8 Å². The number of halogens is 1. The van der Waals surface area contributed by atoms with Crippen molar-refractivity contribution >= 4 is 51.4 Å². The molecule has 1 aliphatic carbocycles. The van der Waals surface area contributed by atoms with Crippen LogP contribution >= 0.6 is 11.6 Å². The molecule has 1 aliphatic rings. The number of aryl methyl sites for hydroxylation is 1. The zero-order valence-electron chi connectivity index (χ0n) is 24.2. The summed E-state index contributed by atoms with van der Waals surface area (Å²) in [6.45, 7) is 2.84. The Hall–Kier alpha value is -3.82. The SMILES string of the molecule is COc1cc(N(C)CCN(C)CC2CC2)c(NC(=O)CCCl)cc1Nc1nccc(-c2cn(C)c3ccccc23)n1. The van der Waals surface area contributed by atoms with Gasteiger partial charge in [-0.25, -0.2) is 9.97 Å². The first-order valence-electron chi connectivity index (χ1n) is 14.0. The van der Waals surface area contributed by atoms with Gasteiger partial charge in [0.25, 0.3) is 0 Å². The number of benzene rings is 2. The highest BCUT2D eigenvalue weighted by Crippen LogP contribution is 2.38. The van der Waals surface area contributed by atoms with Gasteiger partial charge in [-0.1, -0.05) is 18.2 Å². The number of carbonyl (C=O) groups is 1. The van der Waals surface area contributed by atoms with Gasteiger partial charge < -0.3 is 29.7 Å². The van der Waals surface area contributed by atoms with Crippen LogP contribution in [-0.4, -0.2) is 72.1 Å². The summed E-state index contributed by atoms with van der Waals surface area (Å²) < 4.78 is 7.88. The molecule has 2 heterocycles. The number of nitrogens with zero attached hydrogens (tertiary/aromatic N) is 5. The number of hydrogen-bond acceptors (Lipinski definition) is 7. The van der Waals surface area contributed by atoms with Gasteiger partial charge in [-0.05, 0) is 44.0 Å². The normalized spacial score (nSPS) is 13.0. The molecule has 2 aromatic heterocycles. The standard InChI is InChI=1S/C31H38ClN7O2/c1-37(19-21-9-10-21)15-16-38(2)28-18-29(41-4)26(17-25(28)34-30(40)11-13-32)36-31-33-14-12-24(35-31)23-20-39(3)27-8-6-5-7-22(23)27/h5-8,12,14,17-18,20-21H,9-11,13,15-16,19H2,1-4H3,(H,34,40)(H,33,35,36). The molecule has 1 amide bonds. The zero-order valence-corrected chi connectivity index (χ0v) is 24.9. The third kappa shape index (κ3) is 6.92. The van der Waals surface area contributed by atoms with Crippen LogP contribution in [0.25, 0.3) is 22.2 Å². The van der Waals surface area contributed by atoms with Crippen molar-refractivity contribution in [2.45, 2.75) is 19.3 Å². The molecule has 2 N–H and O–H groups in total. The van der Waals surface area contributed by atoms with Gasteiger partial charge in [-0.15, -0.1) is 11.6 Å². The molecule has 41 heavy (non-hydrogen) atoms. The molecule has 216 valence electrons. The van der Waals surface area contributed by atoms with E-state index in [9.17, 15) is 4.79 Å². The molecule has 0 unspecified atom stereocenters. The van der Waals surface area contributed by atoms with Crippen molar-refractivity contribution in [2.75, 3.05) is 62.3 Å². The fourth-order valence-corrected chi connectivity index (χ4v) is 5.23. The zero-order chi connectivity index (χ0) is 28.9. The first kappa shape index (κ1) is 28.7. The highest BCUT2D eigenvalue weighted by molar-refractivity contribution is 6.19. The third-order valence-corrected chi connectivity index (χ3v) is 7.67. The Morgan fingerprint density at radius 3 is 2.71 bits per heavy atom. The van der Waals surface area contributed by atoms with Gasteiger partial charge in [-0.3, -0.25) is 4.79 Å². The Bertz CT molecular complexity index is 1520. The van der Waals surface area contributed by atoms with Gasteiger partial charge in [-0.2, -0.15) is 0 Å². The van der Waals surface area contributed by atoms with E-state index in [2.05, 4.69) is 55.4 Å². The molecule has 4 aromatic rings. The van der Waals surface area contributed by atoms with E-state index < -0.39 is 0 Å². The first-order chi connectivity index (χ1) is 19.9. The Balaban J connectivity index is 1.43. The number of methoxy groups -OCH3 is 1. The van der Waals surface area contributed by atoms with Crippen molar-refractivity contribution in [3.8, 4) is 17.0 Å². The van der Waals surface area contributed by atoms with E-state index in [1.807, 2.05) is 44.4 Å². The van der Waals surface area contributed by atoms with E-state index in [4.69, 9.17) is 21.3 Å². The molecule has 2 aromatic carbocycles. The molecule has 1 saturated carbocycles. The van der Waals surface area contributed by atoms with Crippen LogP contribution in [0.4, 0.5) is 23.0 Å². The number of para-hydroxylation sites is 1. The molecule has 0 aliphatic heterocycles. The molecule has 0 bridgehead atoms. The van der Waals surface area contributed by atoms with Crippen LogP contribution in [0, 0.1) is 5.92 Å². The van der Waals surface area contributed by atoms with E-state index in [-0.39, 0.29) is 18.2 Å². The van der Waals surface area contributed by atoms with E-state index in [1.165, 1.54) is 12.8 Å². The number of aromatic nitrogens is 3. The van der Waals surface area contributed by atoms with Crippen LogP contribution in [0.2, 0.25) is 0 Å². The van der Waals surface area contributed by atoms with Crippen LogP contribution in [0.15, 0.2) is 54.9 Å². The van der Waals surface area contributed by atoms with E-state index >= 15 is 0 Å². The molecule has 9 nitrogen and oxygen atoms in total. The number of amides is 1. The molecular formula is C31H38ClN7O2. The molecule has 0 radical (unpaired) electrons. The molecule has 1 fully saturated rings. The largest absolute Gasteiger partial charge is 0.494 e. The number of rotatable bonds is 13. The number of fused-ring (bicyclic) bond motifs is 1. The van der Waals surface area contributed by atoms with Crippen molar-refractivity contribution in [3.63, 3.8) is 0 Å². The summed E-state index contributed by atoms with van der Waals surface area (Å²) in [5, 5.41) is 7.48. The smallest absolute Gasteiger partial charge is 0.227 e. The second-order valence-corrected chi connectivity index (χ2v) is 11.1. The maximum absolute atomic E-state index is 12.6. The fourth-order valence-electron chi connectivity index (χ4n) is 5.06. The second kappa shape index (κ2) is 12.8. The summed E-state index contributed by atoms with van der Waals surface area (Å²) in [5.74, 6) is 1.98. The van der Waals surface area contributed by atoms with Gasteiger partial charge in [0.2, 0.25) is 11.9 Å². The summed E-state index contributed by atoms with van der Waals surface area (Å²) >= 11 is 5.86. The number of likely N-dealkylation sites (N-methyl/N-ethyl adjacent to an activating group) is 2. The lowest BCUT2D eigenvalue weighted by Gasteiger charge is -2.27. The van der Waals surface area contributed by atoms with Gasteiger partial charge in [0, 0.05) is 81.0 Å². The van der Waals surface area contributed by atoms with Gasteiger partial charge >= 0.3 is 0 Å². The van der Waals surface area contributed by atoms with Crippen molar-refractivity contribution in [1.29, 1.82) is 0 Å². The van der Waals surface area contributed by atoms with E-state index in [0.29, 0.717) is 23.1 Å². The minimum atomic E-state index is -0.147. The molecule has 0 saturated heterocycles. The number of ether oxygens (including phenoxy) is 1. The highest BCUT2D eigenvalue weighted by Gasteiger charge is 2.23. The van der Waals surface area contributed by atoms with Gasteiger partial charge in [0.05, 0.1) is 29.9 Å². The average Bonchev–Trinajstić information content (AvgIpc) is 3.72. The number of hydrogen-bond donors (Lipinski definition) is 2. The minimum Gasteiger partial charge on any atom is -0.494 e. The van der Waals surface area contributed by atoms with Crippen molar-refractivity contribution in [3.05, 3.63) is 54.9 Å². The summed E-state index contributed by atoms with van der Waals surface area (Å²) in [6, 6.07) is 14.0. The minimum absolute atomic E-state index is 0.147. The summed E-state index contributed by atoms with van der Waals surface area (Å²) in [5.41, 5.74) is 5.14. The predicted molar refractivity (Wildman–Crippen MR) is 168 cm³/mol.